The van der Waals surface area contributed by atoms with E-state index >= 15 is 0 Å². The fraction of sp³-hybridized carbons (Fsp3) is 0.429. The summed E-state index contributed by atoms with van der Waals surface area (Å²) < 4.78 is 70.5. The number of ether oxygens (including phenoxy) is 1. The Morgan fingerprint density at radius 2 is 1.53 bits per heavy atom. The van der Waals surface area contributed by atoms with Crippen molar-refractivity contribution in [2.45, 2.75) is 35.4 Å². The summed E-state index contributed by atoms with van der Waals surface area (Å²) in [6, 6.07) is 11.3. The Labute approximate surface area is 173 Å². The molecule has 9 heteroatoms. The predicted octanol–water partition coefficient (Wildman–Crippen LogP) is 3.49. The van der Waals surface area contributed by atoms with Crippen molar-refractivity contribution in [3.63, 3.8) is 0 Å². The molecule has 2 saturated heterocycles. The third kappa shape index (κ3) is 3.99. The summed E-state index contributed by atoms with van der Waals surface area (Å²) in [6.45, 7) is 0.980. The number of hydrogen-bond acceptors (Lipinski definition) is 4. The van der Waals surface area contributed by atoms with Gasteiger partial charge in [0.05, 0.1) is 23.7 Å². The summed E-state index contributed by atoms with van der Waals surface area (Å²) in [5.41, 5.74) is -0.329. The van der Waals surface area contributed by atoms with Crippen molar-refractivity contribution in [2.24, 2.45) is 0 Å². The third-order valence-corrected chi connectivity index (χ3v) is 7.79. The van der Waals surface area contributed by atoms with Gasteiger partial charge in [-0.25, -0.2) is 8.42 Å². The Morgan fingerprint density at radius 3 is 2.00 bits per heavy atom. The van der Waals surface area contributed by atoms with E-state index in [2.05, 4.69) is 0 Å². The van der Waals surface area contributed by atoms with E-state index in [1.165, 1.54) is 28.6 Å². The van der Waals surface area contributed by atoms with Crippen molar-refractivity contribution < 1.29 is 31.4 Å². The van der Waals surface area contributed by atoms with Crippen LogP contribution in [0.25, 0.3) is 0 Å². The Kier molecular flexibility index (Phi) is 5.42. The molecule has 0 amide bonds. The SMILES string of the molecule is O=S(=O)(c1ccc(C2(O)COC2)cc1)N1CCC(c2ccc(C(F)(F)F)cc2)CC1. The highest BCUT2D eigenvalue weighted by Gasteiger charge is 2.38. The van der Waals surface area contributed by atoms with Gasteiger partial charge in [0.25, 0.3) is 0 Å². The number of alkyl halides is 3. The quantitative estimate of drug-likeness (QED) is 0.789. The van der Waals surface area contributed by atoms with E-state index in [9.17, 15) is 26.7 Å². The molecule has 2 aliphatic rings. The monoisotopic (exact) mass is 441 g/mol. The van der Waals surface area contributed by atoms with Gasteiger partial charge in [0.15, 0.2) is 0 Å². The number of rotatable bonds is 4. The van der Waals surface area contributed by atoms with E-state index in [1.807, 2.05) is 0 Å². The number of aliphatic hydroxyl groups is 1. The normalized spacial score (nSPS) is 20.7. The number of benzene rings is 2. The molecule has 0 aliphatic carbocycles. The van der Waals surface area contributed by atoms with Crippen LogP contribution in [-0.2, 0) is 26.5 Å². The minimum Gasteiger partial charge on any atom is -0.380 e. The summed E-state index contributed by atoms with van der Waals surface area (Å²) in [5, 5.41) is 10.3. The first-order chi connectivity index (χ1) is 14.1. The lowest BCUT2D eigenvalue weighted by Gasteiger charge is -2.36. The second-order valence-corrected chi connectivity index (χ2v) is 9.78. The predicted molar refractivity (Wildman–Crippen MR) is 103 cm³/mol. The molecule has 30 heavy (non-hydrogen) atoms. The van der Waals surface area contributed by atoms with Gasteiger partial charge in [-0.3, -0.25) is 0 Å². The molecule has 0 atom stereocenters. The second kappa shape index (κ2) is 7.64. The summed E-state index contributed by atoms with van der Waals surface area (Å²) >= 11 is 0. The van der Waals surface area contributed by atoms with Gasteiger partial charge in [0.2, 0.25) is 10.0 Å². The smallest absolute Gasteiger partial charge is 0.380 e. The topological polar surface area (TPSA) is 66.8 Å². The fourth-order valence-electron chi connectivity index (χ4n) is 3.92. The van der Waals surface area contributed by atoms with Crippen LogP contribution >= 0.6 is 0 Å². The molecular weight excluding hydrogens is 419 g/mol. The molecule has 0 unspecified atom stereocenters. The minimum atomic E-state index is -4.37. The molecule has 2 heterocycles. The van der Waals surface area contributed by atoms with Crippen LogP contribution in [0.15, 0.2) is 53.4 Å². The first-order valence-electron chi connectivity index (χ1n) is 9.68. The molecule has 4 rings (SSSR count). The molecule has 2 aliphatic heterocycles. The van der Waals surface area contributed by atoms with Gasteiger partial charge in [-0.05, 0) is 54.2 Å². The van der Waals surface area contributed by atoms with Gasteiger partial charge >= 0.3 is 6.18 Å². The van der Waals surface area contributed by atoms with Crippen molar-refractivity contribution in [1.29, 1.82) is 0 Å². The van der Waals surface area contributed by atoms with E-state index in [-0.39, 0.29) is 24.0 Å². The maximum Gasteiger partial charge on any atom is 0.416 e. The van der Waals surface area contributed by atoms with Gasteiger partial charge in [-0.15, -0.1) is 0 Å². The fourth-order valence-corrected chi connectivity index (χ4v) is 5.39. The molecule has 0 aromatic heterocycles. The minimum absolute atomic E-state index is 0.0222. The van der Waals surface area contributed by atoms with Crippen LogP contribution in [0.4, 0.5) is 13.2 Å². The molecule has 162 valence electrons. The van der Waals surface area contributed by atoms with Crippen molar-refractivity contribution in [1.82, 2.24) is 4.31 Å². The number of nitrogens with zero attached hydrogens (tertiary/aromatic N) is 1. The average molecular weight is 441 g/mol. The number of halogens is 3. The zero-order valence-corrected chi connectivity index (χ0v) is 16.9. The van der Waals surface area contributed by atoms with Crippen LogP contribution in [0.3, 0.4) is 0 Å². The van der Waals surface area contributed by atoms with Crippen LogP contribution in [0, 0.1) is 0 Å². The van der Waals surface area contributed by atoms with E-state index in [4.69, 9.17) is 4.74 Å². The Hall–Kier alpha value is -1.94. The van der Waals surface area contributed by atoms with Gasteiger partial charge in [-0.1, -0.05) is 24.3 Å². The van der Waals surface area contributed by atoms with E-state index in [0.29, 0.717) is 31.5 Å². The molecule has 0 radical (unpaired) electrons. The molecule has 1 N–H and O–H groups in total. The highest BCUT2D eigenvalue weighted by atomic mass is 32.2. The van der Waals surface area contributed by atoms with Crippen LogP contribution in [0.5, 0.6) is 0 Å². The second-order valence-electron chi connectivity index (χ2n) is 7.85. The van der Waals surface area contributed by atoms with Crippen LogP contribution in [0.1, 0.15) is 35.4 Å². The standard InChI is InChI=1S/C21H22F3NO4S/c22-21(23,24)18-3-1-15(2-4-18)16-9-11-25(12-10-16)30(27,28)19-7-5-17(6-8-19)20(26)13-29-14-20/h1-8,16,26H,9-14H2. The summed E-state index contributed by atoms with van der Waals surface area (Å²) in [4.78, 5) is 0.156. The van der Waals surface area contributed by atoms with Gasteiger partial charge in [0.1, 0.15) is 5.60 Å². The maximum absolute atomic E-state index is 12.9. The largest absolute Gasteiger partial charge is 0.416 e. The maximum atomic E-state index is 12.9. The lowest BCUT2D eigenvalue weighted by atomic mass is 9.90. The van der Waals surface area contributed by atoms with Gasteiger partial charge < -0.3 is 9.84 Å². The molecule has 0 spiro atoms. The summed E-state index contributed by atoms with van der Waals surface area (Å²) in [7, 11) is -3.67. The summed E-state index contributed by atoms with van der Waals surface area (Å²) in [5.74, 6) is 0.0222. The number of sulfonamides is 1. The molecular formula is C21H22F3NO4S. The molecule has 2 aromatic rings. The van der Waals surface area contributed by atoms with Crippen molar-refractivity contribution in [3.8, 4) is 0 Å². The third-order valence-electron chi connectivity index (χ3n) is 5.87. The van der Waals surface area contributed by atoms with Gasteiger partial charge in [-0.2, -0.15) is 17.5 Å². The van der Waals surface area contributed by atoms with E-state index in [0.717, 1.165) is 17.7 Å². The van der Waals surface area contributed by atoms with Crippen LogP contribution < -0.4 is 0 Å². The Balaban J connectivity index is 1.41. The number of hydrogen-bond donors (Lipinski definition) is 1. The lowest BCUT2D eigenvalue weighted by Crippen LogP contribution is -2.46. The van der Waals surface area contributed by atoms with E-state index < -0.39 is 27.4 Å². The lowest BCUT2D eigenvalue weighted by molar-refractivity contribution is -0.184. The molecule has 0 saturated carbocycles. The van der Waals surface area contributed by atoms with E-state index in [1.54, 1.807) is 12.1 Å². The van der Waals surface area contributed by atoms with Gasteiger partial charge in [0, 0.05) is 13.1 Å². The molecule has 2 fully saturated rings. The average Bonchev–Trinajstić information content (AvgIpc) is 2.72. The highest BCUT2D eigenvalue weighted by Crippen LogP contribution is 2.35. The summed E-state index contributed by atoms with van der Waals surface area (Å²) in [6.07, 6.45) is -3.29. The Bertz CT molecular complexity index is 992. The van der Waals surface area contributed by atoms with Crippen molar-refractivity contribution in [3.05, 3.63) is 65.2 Å². The number of piperidine rings is 1. The zero-order valence-electron chi connectivity index (χ0n) is 16.1. The van der Waals surface area contributed by atoms with Crippen LogP contribution in [0.2, 0.25) is 0 Å². The Morgan fingerprint density at radius 1 is 0.967 bits per heavy atom. The first kappa shape index (κ1) is 21.3. The zero-order chi connectivity index (χ0) is 21.6. The van der Waals surface area contributed by atoms with Crippen molar-refractivity contribution >= 4 is 10.0 Å². The molecule has 5 nitrogen and oxygen atoms in total. The first-order valence-corrected chi connectivity index (χ1v) is 11.1. The highest BCUT2D eigenvalue weighted by molar-refractivity contribution is 7.89. The van der Waals surface area contributed by atoms with Crippen molar-refractivity contribution in [2.75, 3.05) is 26.3 Å². The molecule has 0 bridgehead atoms. The molecule has 2 aromatic carbocycles. The van der Waals surface area contributed by atoms with Crippen LogP contribution in [-0.4, -0.2) is 44.1 Å².